The Morgan fingerprint density at radius 3 is 2.48 bits per heavy atom. The van der Waals surface area contributed by atoms with Gasteiger partial charge >= 0.3 is 5.97 Å². The van der Waals surface area contributed by atoms with E-state index in [-0.39, 0.29) is 23.4 Å². The molecule has 1 aliphatic rings. The number of thiazole rings is 1. The van der Waals surface area contributed by atoms with E-state index >= 15 is 0 Å². The number of nitro groups is 1. The van der Waals surface area contributed by atoms with Crippen molar-refractivity contribution >= 4 is 29.1 Å². The van der Waals surface area contributed by atoms with Gasteiger partial charge in [0.15, 0.2) is 16.3 Å². The molecule has 0 fully saturated rings. The van der Waals surface area contributed by atoms with Crippen LogP contribution in [0.4, 0.5) is 5.69 Å². The predicted octanol–water partition coefficient (Wildman–Crippen LogP) is 5.07. The van der Waals surface area contributed by atoms with Crippen LogP contribution < -0.4 is 24.4 Å². The molecule has 2 aromatic carbocycles. The number of nitro benzene ring substituents is 1. The zero-order valence-electron chi connectivity index (χ0n) is 24.9. The van der Waals surface area contributed by atoms with Crippen molar-refractivity contribution in [1.82, 2.24) is 4.57 Å². The Morgan fingerprint density at radius 1 is 1.05 bits per heavy atom. The van der Waals surface area contributed by atoms with E-state index in [1.54, 1.807) is 63.2 Å². The molecule has 228 valence electrons. The predicted molar refractivity (Wildman–Crippen MR) is 165 cm³/mol. The highest BCUT2D eigenvalue weighted by atomic mass is 32.1. The molecule has 4 aromatic rings. The van der Waals surface area contributed by atoms with Gasteiger partial charge in [-0.3, -0.25) is 19.5 Å². The number of aryl methyl sites for hydroxylation is 1. The van der Waals surface area contributed by atoms with Crippen LogP contribution in [0.5, 0.6) is 11.5 Å². The van der Waals surface area contributed by atoms with E-state index in [1.807, 2.05) is 13.8 Å². The van der Waals surface area contributed by atoms with Crippen molar-refractivity contribution in [2.24, 2.45) is 4.99 Å². The smallest absolute Gasteiger partial charge is 0.338 e. The van der Waals surface area contributed by atoms with Crippen molar-refractivity contribution in [3.05, 3.63) is 106 Å². The molecular weight excluding hydrogens is 586 g/mol. The summed E-state index contributed by atoms with van der Waals surface area (Å²) in [7, 11) is 0. The Hall–Kier alpha value is -4.97. The summed E-state index contributed by atoms with van der Waals surface area (Å²) in [5, 5.41) is 11.1. The molecule has 2 aromatic heterocycles. The van der Waals surface area contributed by atoms with Crippen molar-refractivity contribution in [3.8, 4) is 22.8 Å². The fourth-order valence-electron chi connectivity index (χ4n) is 5.09. The number of hydrogen-bond acceptors (Lipinski definition) is 10. The third-order valence-electron chi connectivity index (χ3n) is 6.99. The molecule has 44 heavy (non-hydrogen) atoms. The Kier molecular flexibility index (Phi) is 8.81. The molecule has 12 heteroatoms. The van der Waals surface area contributed by atoms with Crippen molar-refractivity contribution in [2.45, 2.75) is 40.7 Å². The van der Waals surface area contributed by atoms with Crippen molar-refractivity contribution in [3.63, 3.8) is 0 Å². The molecule has 11 nitrogen and oxygen atoms in total. The topological polar surface area (TPSA) is 135 Å². The average molecular weight is 618 g/mol. The molecule has 0 saturated heterocycles. The van der Waals surface area contributed by atoms with Crippen LogP contribution in [-0.4, -0.2) is 35.3 Å². The van der Waals surface area contributed by atoms with Gasteiger partial charge in [0.1, 0.15) is 11.5 Å². The highest BCUT2D eigenvalue weighted by Gasteiger charge is 2.34. The van der Waals surface area contributed by atoms with Crippen LogP contribution >= 0.6 is 11.3 Å². The van der Waals surface area contributed by atoms with Gasteiger partial charge in [-0.15, -0.1) is 0 Å². The minimum atomic E-state index is -0.822. The lowest BCUT2D eigenvalue weighted by Gasteiger charge is -2.25. The van der Waals surface area contributed by atoms with Crippen molar-refractivity contribution < 1.29 is 28.3 Å². The number of carbonyl (C=O) groups is 1. The number of allylic oxidation sites excluding steroid dienone is 1. The van der Waals surface area contributed by atoms with Crippen molar-refractivity contribution in [2.75, 3.05) is 19.8 Å². The highest BCUT2D eigenvalue weighted by Crippen LogP contribution is 2.36. The molecule has 5 rings (SSSR count). The van der Waals surface area contributed by atoms with E-state index in [1.165, 1.54) is 28.0 Å². The molecule has 0 unspecified atom stereocenters. The molecule has 0 amide bonds. The molecule has 3 heterocycles. The van der Waals surface area contributed by atoms with E-state index in [4.69, 9.17) is 18.6 Å². The third-order valence-corrected chi connectivity index (χ3v) is 7.97. The van der Waals surface area contributed by atoms with Gasteiger partial charge in [0.25, 0.3) is 11.2 Å². The van der Waals surface area contributed by atoms with E-state index in [0.717, 1.165) is 0 Å². The second kappa shape index (κ2) is 12.7. The highest BCUT2D eigenvalue weighted by molar-refractivity contribution is 7.07. The maximum Gasteiger partial charge on any atom is 0.338 e. The summed E-state index contributed by atoms with van der Waals surface area (Å²) in [5.41, 5.74) is 2.36. The van der Waals surface area contributed by atoms with E-state index in [2.05, 4.69) is 4.99 Å². The maximum atomic E-state index is 14.0. The molecule has 0 bridgehead atoms. The average Bonchev–Trinajstić information content (AvgIpc) is 3.57. The number of non-ortho nitro benzene ring substituents is 1. The van der Waals surface area contributed by atoms with Gasteiger partial charge < -0.3 is 18.6 Å². The van der Waals surface area contributed by atoms with Gasteiger partial charge in [0.05, 0.1) is 46.6 Å². The Labute approximate surface area is 256 Å². The largest absolute Gasteiger partial charge is 0.490 e. The lowest BCUT2D eigenvalue weighted by atomic mass is 9.95. The van der Waals surface area contributed by atoms with Crippen LogP contribution in [0.15, 0.2) is 74.0 Å². The lowest BCUT2D eigenvalue weighted by Crippen LogP contribution is -2.40. The van der Waals surface area contributed by atoms with Gasteiger partial charge in [-0.25, -0.2) is 9.79 Å². The molecular formula is C32H31N3O8S. The first-order valence-corrected chi connectivity index (χ1v) is 14.9. The Morgan fingerprint density at radius 2 is 1.80 bits per heavy atom. The summed E-state index contributed by atoms with van der Waals surface area (Å²) in [4.78, 5) is 43.0. The number of carbonyl (C=O) groups excluding carboxylic acids is 1. The SMILES string of the molecule is CCOC(=O)C1=C(C)N=c2s/c(=C\c3ccc(-c4ccc([N+](=O)[O-])cc4C)o3)c(=O)n2[C@@H]1c1ccc(OCC)c(OCC)c1. The Bertz CT molecular complexity index is 1970. The molecule has 1 aliphatic heterocycles. The standard InChI is InChI=1S/C32H31N3O8S/c1-6-40-25-13-9-20(16-26(25)41-7-2)29-28(31(37)42-8-3)19(5)33-32-34(29)30(36)27(44-32)17-22-11-14-24(43-22)23-12-10-21(35(38)39)15-18(23)4/h9-17,29H,6-8H2,1-5H3/b27-17-/t29-/m1/s1. The number of esters is 1. The van der Waals surface area contributed by atoms with E-state index in [0.29, 0.717) is 68.0 Å². The second-order valence-electron chi connectivity index (χ2n) is 9.83. The first-order valence-electron chi connectivity index (χ1n) is 14.1. The molecule has 0 N–H and O–H groups in total. The van der Waals surface area contributed by atoms with Gasteiger partial charge in [-0.2, -0.15) is 0 Å². The van der Waals surface area contributed by atoms with Crippen LogP contribution in [0, 0.1) is 17.0 Å². The van der Waals surface area contributed by atoms with Gasteiger partial charge in [0, 0.05) is 23.8 Å². The first kappa shape index (κ1) is 30.5. The second-order valence-corrected chi connectivity index (χ2v) is 10.8. The minimum absolute atomic E-state index is 0.00733. The Balaban J connectivity index is 1.63. The number of ether oxygens (including phenoxy) is 3. The van der Waals surface area contributed by atoms with Crippen LogP contribution in [-0.2, 0) is 9.53 Å². The number of benzene rings is 2. The minimum Gasteiger partial charge on any atom is -0.490 e. The zero-order chi connectivity index (χ0) is 31.5. The summed E-state index contributed by atoms with van der Waals surface area (Å²) >= 11 is 1.18. The third kappa shape index (κ3) is 5.80. The number of furan rings is 1. The zero-order valence-corrected chi connectivity index (χ0v) is 25.7. The summed E-state index contributed by atoms with van der Waals surface area (Å²) in [6.07, 6.45) is 1.62. The van der Waals surface area contributed by atoms with Gasteiger partial charge in [-0.1, -0.05) is 17.4 Å². The molecule has 0 radical (unpaired) electrons. The quantitative estimate of drug-likeness (QED) is 0.137. The molecule has 0 aliphatic carbocycles. The van der Waals surface area contributed by atoms with E-state index < -0.39 is 16.9 Å². The maximum absolute atomic E-state index is 14.0. The number of nitrogens with zero attached hydrogens (tertiary/aromatic N) is 3. The number of fused-ring (bicyclic) bond motifs is 1. The summed E-state index contributed by atoms with van der Waals surface area (Å²) < 4.78 is 24.8. The fourth-order valence-corrected chi connectivity index (χ4v) is 6.11. The number of aromatic nitrogens is 1. The van der Waals surface area contributed by atoms with Crippen LogP contribution in [0.3, 0.4) is 0 Å². The van der Waals surface area contributed by atoms with Crippen molar-refractivity contribution in [1.29, 1.82) is 0 Å². The number of rotatable bonds is 10. The molecule has 1 atom stereocenters. The van der Waals surface area contributed by atoms with Crippen LogP contribution in [0.1, 0.15) is 50.6 Å². The van der Waals surface area contributed by atoms with Gasteiger partial charge in [0.2, 0.25) is 0 Å². The normalized spacial score (nSPS) is 14.7. The fraction of sp³-hybridized carbons (Fsp3) is 0.281. The first-order chi connectivity index (χ1) is 21.2. The van der Waals surface area contributed by atoms with E-state index in [9.17, 15) is 19.7 Å². The summed E-state index contributed by atoms with van der Waals surface area (Å²) in [6, 6.07) is 12.5. The summed E-state index contributed by atoms with van der Waals surface area (Å²) in [5.74, 6) is 1.42. The molecule has 0 spiro atoms. The monoisotopic (exact) mass is 617 g/mol. The summed E-state index contributed by atoms with van der Waals surface area (Å²) in [6.45, 7) is 9.96. The number of hydrogen-bond donors (Lipinski definition) is 0. The van der Waals surface area contributed by atoms with Gasteiger partial charge in [-0.05, 0) is 76.1 Å². The molecule has 0 saturated carbocycles. The lowest BCUT2D eigenvalue weighted by molar-refractivity contribution is -0.384. The van der Waals surface area contributed by atoms with Crippen LogP contribution in [0.2, 0.25) is 0 Å². The van der Waals surface area contributed by atoms with Crippen LogP contribution in [0.25, 0.3) is 17.4 Å².